The van der Waals surface area contributed by atoms with Crippen LogP contribution in [0.5, 0.6) is 0 Å². The van der Waals surface area contributed by atoms with Crippen LogP contribution in [-0.2, 0) is 13.0 Å². The second-order valence-corrected chi connectivity index (χ2v) is 11.9. The zero-order chi connectivity index (χ0) is 27.6. The predicted octanol–water partition coefficient (Wildman–Crippen LogP) is 6.53. The van der Waals surface area contributed by atoms with Gasteiger partial charge in [0, 0.05) is 35.8 Å². The highest BCUT2D eigenvalue weighted by atomic mass is 32.1. The summed E-state index contributed by atoms with van der Waals surface area (Å²) in [5.41, 5.74) is 5.97. The fraction of sp³-hybridized carbons (Fsp3) is 0.273. The van der Waals surface area contributed by atoms with Crippen LogP contribution in [-0.4, -0.2) is 49.0 Å². The monoisotopic (exact) mass is 560 g/mol. The third kappa shape index (κ3) is 5.45. The van der Waals surface area contributed by atoms with Gasteiger partial charge in [-0.15, -0.1) is 11.3 Å². The molecule has 0 aliphatic carbocycles. The van der Waals surface area contributed by atoms with Gasteiger partial charge in [0.05, 0.1) is 26.9 Å². The van der Waals surface area contributed by atoms with Crippen molar-refractivity contribution < 1.29 is 0 Å². The number of nitrogens with one attached hydrogen (secondary N) is 1. The number of benzene rings is 2. The van der Waals surface area contributed by atoms with Gasteiger partial charge in [-0.3, -0.25) is 9.78 Å². The van der Waals surface area contributed by atoms with Crippen LogP contribution in [0.15, 0.2) is 83.9 Å². The average molecular weight is 561 g/mol. The Morgan fingerprint density at radius 2 is 1.71 bits per heavy atom. The minimum Gasteiger partial charge on any atom is -0.323 e. The molecule has 5 heterocycles. The summed E-state index contributed by atoms with van der Waals surface area (Å²) in [6.45, 7) is 4.35. The van der Waals surface area contributed by atoms with E-state index in [4.69, 9.17) is 9.97 Å². The van der Waals surface area contributed by atoms with Crippen molar-refractivity contribution in [2.75, 3.05) is 19.6 Å². The molecule has 1 aliphatic heterocycles. The summed E-state index contributed by atoms with van der Waals surface area (Å²) in [4.78, 5) is 35.2. The normalized spacial score (nSPS) is 14.2. The molecule has 0 unspecified atom stereocenters. The van der Waals surface area contributed by atoms with Crippen molar-refractivity contribution in [2.24, 2.45) is 0 Å². The number of fused-ring (bicyclic) bond motifs is 2. The topological polar surface area (TPSA) is 79.7 Å². The standard InChI is InChI=1S/C33H32N6OS/c40-33-28(19-23-9-3-1-4-10-23)35-26-21-29-27(20-25(26)37-33)36-32(39(29)18-8-17-38-15-5-2-6-16-38)31-13-12-30(41-31)24-11-7-14-34-22-24/h1,3-4,7,9-14,20-22H,2,5-6,8,15-19H2,(H,37,40). The van der Waals surface area contributed by atoms with Crippen LogP contribution in [0.2, 0.25) is 0 Å². The highest BCUT2D eigenvalue weighted by Crippen LogP contribution is 2.36. The Hall–Kier alpha value is -4.14. The van der Waals surface area contributed by atoms with E-state index in [1.54, 1.807) is 17.5 Å². The van der Waals surface area contributed by atoms with Crippen molar-refractivity contribution in [3.8, 4) is 21.1 Å². The highest BCUT2D eigenvalue weighted by Gasteiger charge is 2.18. The lowest BCUT2D eigenvalue weighted by atomic mass is 10.1. The number of aromatic nitrogens is 5. The number of pyridine rings is 1. The van der Waals surface area contributed by atoms with Crippen LogP contribution in [0.1, 0.15) is 36.9 Å². The Morgan fingerprint density at radius 3 is 2.54 bits per heavy atom. The molecule has 1 aliphatic rings. The Morgan fingerprint density at radius 1 is 0.854 bits per heavy atom. The summed E-state index contributed by atoms with van der Waals surface area (Å²) in [6.07, 6.45) is 9.19. The van der Waals surface area contributed by atoms with Crippen LogP contribution in [0.25, 0.3) is 43.2 Å². The number of thiophene rings is 1. The van der Waals surface area contributed by atoms with Crippen molar-refractivity contribution in [2.45, 2.75) is 38.6 Å². The second-order valence-electron chi connectivity index (χ2n) is 10.8. The zero-order valence-electron chi connectivity index (χ0n) is 22.9. The van der Waals surface area contributed by atoms with Crippen molar-refractivity contribution in [3.63, 3.8) is 0 Å². The molecule has 2 aromatic carbocycles. The average Bonchev–Trinajstić information content (AvgIpc) is 3.63. The van der Waals surface area contributed by atoms with Crippen LogP contribution < -0.4 is 5.56 Å². The SMILES string of the molecule is O=c1[nH]c2cc3nc(-c4ccc(-c5cccnc5)s4)n(CCCN4CCCCC4)c3cc2nc1Cc1ccccc1. The molecule has 1 fully saturated rings. The van der Waals surface area contributed by atoms with Crippen LogP contribution >= 0.6 is 11.3 Å². The molecule has 1 saturated heterocycles. The van der Waals surface area contributed by atoms with E-state index in [0.717, 1.165) is 57.9 Å². The number of hydrogen-bond donors (Lipinski definition) is 1. The molecule has 4 aromatic heterocycles. The van der Waals surface area contributed by atoms with Crippen molar-refractivity contribution >= 4 is 33.4 Å². The van der Waals surface area contributed by atoms with Gasteiger partial charge in [0.15, 0.2) is 5.82 Å². The second kappa shape index (κ2) is 11.4. The first-order chi connectivity index (χ1) is 20.2. The third-order valence-corrected chi connectivity index (χ3v) is 9.05. The lowest BCUT2D eigenvalue weighted by molar-refractivity contribution is 0.223. The molecule has 0 bridgehead atoms. The summed E-state index contributed by atoms with van der Waals surface area (Å²) in [6, 6.07) is 22.5. The molecule has 0 saturated carbocycles. The maximum atomic E-state index is 12.9. The van der Waals surface area contributed by atoms with Gasteiger partial charge in [-0.05, 0) is 74.8 Å². The molecule has 8 heteroatoms. The molecular formula is C33H32N6OS. The summed E-state index contributed by atoms with van der Waals surface area (Å²) >= 11 is 1.73. The van der Waals surface area contributed by atoms with Gasteiger partial charge in [0.25, 0.3) is 5.56 Å². The molecule has 41 heavy (non-hydrogen) atoms. The van der Waals surface area contributed by atoms with Crippen LogP contribution in [0.3, 0.4) is 0 Å². The summed E-state index contributed by atoms with van der Waals surface area (Å²) in [5, 5.41) is 0. The van der Waals surface area contributed by atoms with Crippen molar-refractivity contribution in [3.05, 3.63) is 101 Å². The summed E-state index contributed by atoms with van der Waals surface area (Å²) < 4.78 is 2.35. The molecule has 0 radical (unpaired) electrons. The lowest BCUT2D eigenvalue weighted by Gasteiger charge is -2.26. The maximum Gasteiger partial charge on any atom is 0.270 e. The number of likely N-dealkylation sites (tertiary alicyclic amines) is 1. The maximum absolute atomic E-state index is 12.9. The largest absolute Gasteiger partial charge is 0.323 e. The molecule has 1 N–H and O–H groups in total. The molecule has 7 nitrogen and oxygen atoms in total. The Labute approximate surface area is 242 Å². The van der Waals surface area contributed by atoms with E-state index >= 15 is 0 Å². The van der Waals surface area contributed by atoms with E-state index < -0.39 is 0 Å². The molecule has 0 amide bonds. The van der Waals surface area contributed by atoms with Gasteiger partial charge in [0.1, 0.15) is 5.69 Å². The minimum atomic E-state index is -0.152. The minimum absolute atomic E-state index is 0.152. The number of H-pyrrole nitrogens is 1. The predicted molar refractivity (Wildman–Crippen MR) is 166 cm³/mol. The zero-order valence-corrected chi connectivity index (χ0v) is 23.7. The number of piperidine rings is 1. The third-order valence-electron chi connectivity index (χ3n) is 7.92. The Bertz CT molecular complexity index is 1850. The fourth-order valence-corrected chi connectivity index (χ4v) is 6.82. The first-order valence-corrected chi connectivity index (χ1v) is 15.2. The van der Waals surface area contributed by atoms with Crippen LogP contribution in [0, 0.1) is 0 Å². The Balaban J connectivity index is 1.28. The lowest BCUT2D eigenvalue weighted by Crippen LogP contribution is -2.31. The smallest absolute Gasteiger partial charge is 0.270 e. The van der Waals surface area contributed by atoms with Gasteiger partial charge in [0.2, 0.25) is 0 Å². The van der Waals surface area contributed by atoms with E-state index in [9.17, 15) is 4.79 Å². The number of imidazole rings is 1. The first kappa shape index (κ1) is 25.8. The van der Waals surface area contributed by atoms with Gasteiger partial charge in [-0.1, -0.05) is 42.8 Å². The Kier molecular flexibility index (Phi) is 7.17. The van der Waals surface area contributed by atoms with Crippen molar-refractivity contribution in [1.29, 1.82) is 0 Å². The van der Waals surface area contributed by atoms with Gasteiger partial charge >= 0.3 is 0 Å². The molecular weight excluding hydrogens is 528 g/mol. The quantitative estimate of drug-likeness (QED) is 0.229. The van der Waals surface area contributed by atoms with Crippen LogP contribution in [0.4, 0.5) is 0 Å². The molecule has 7 rings (SSSR count). The number of nitrogens with zero attached hydrogens (tertiary/aromatic N) is 5. The van der Waals surface area contributed by atoms with Gasteiger partial charge in [-0.2, -0.15) is 0 Å². The first-order valence-electron chi connectivity index (χ1n) is 14.4. The van der Waals surface area contributed by atoms with Gasteiger partial charge < -0.3 is 14.5 Å². The molecule has 206 valence electrons. The number of aryl methyl sites for hydroxylation is 1. The van der Waals surface area contributed by atoms with E-state index in [-0.39, 0.29) is 5.56 Å². The summed E-state index contributed by atoms with van der Waals surface area (Å²) in [5.74, 6) is 0.959. The summed E-state index contributed by atoms with van der Waals surface area (Å²) in [7, 11) is 0. The molecule has 0 atom stereocenters. The molecule has 6 aromatic rings. The van der Waals surface area contributed by atoms with Crippen molar-refractivity contribution in [1.82, 2.24) is 29.4 Å². The number of hydrogen-bond acceptors (Lipinski definition) is 6. The number of rotatable bonds is 8. The van der Waals surface area contributed by atoms with E-state index in [1.165, 1.54) is 37.2 Å². The van der Waals surface area contributed by atoms with E-state index in [1.807, 2.05) is 48.7 Å². The van der Waals surface area contributed by atoms with Gasteiger partial charge in [-0.25, -0.2) is 9.97 Å². The fourth-order valence-electron chi connectivity index (χ4n) is 5.82. The number of aromatic amines is 1. The van der Waals surface area contributed by atoms with E-state index in [2.05, 4.69) is 43.7 Å². The highest BCUT2D eigenvalue weighted by molar-refractivity contribution is 7.18. The van der Waals surface area contributed by atoms with E-state index in [0.29, 0.717) is 17.6 Å². The molecule has 0 spiro atoms.